The maximum Gasteiger partial charge on any atom is 0.215 e. The number of benzene rings is 3. The molecular weight excluding hydrogens is 346 g/mol. The van der Waals surface area contributed by atoms with Crippen LogP contribution in [0, 0.1) is 18.6 Å². The molecule has 1 heterocycles. The van der Waals surface area contributed by atoms with Crippen LogP contribution >= 0.6 is 0 Å². The second-order valence-corrected chi connectivity index (χ2v) is 6.45. The largest absolute Gasteiger partial charge is 0.287 e. The van der Waals surface area contributed by atoms with Crippen molar-refractivity contribution >= 4 is 10.9 Å². The number of hydrogen-bond donors (Lipinski definition) is 0. The Labute approximate surface area is 154 Å². The average molecular weight is 362 g/mol. The lowest BCUT2D eigenvalue weighted by molar-refractivity contribution is 0.560. The van der Waals surface area contributed by atoms with Gasteiger partial charge < -0.3 is 0 Å². The van der Waals surface area contributed by atoms with Gasteiger partial charge in [-0.25, -0.2) is 8.78 Å². The van der Waals surface area contributed by atoms with Crippen LogP contribution in [-0.2, 0) is 6.54 Å². The molecule has 0 aliphatic carbocycles. The van der Waals surface area contributed by atoms with Gasteiger partial charge >= 0.3 is 0 Å². The van der Waals surface area contributed by atoms with Gasteiger partial charge in [-0.15, -0.1) is 0 Å². The summed E-state index contributed by atoms with van der Waals surface area (Å²) in [6.45, 7) is 2.05. The molecule has 0 saturated carbocycles. The maximum atomic E-state index is 14.1. The predicted molar refractivity (Wildman–Crippen MR) is 102 cm³/mol. The lowest BCUT2D eigenvalue weighted by Crippen LogP contribution is -2.17. The lowest BCUT2D eigenvalue weighted by Gasteiger charge is -2.13. The van der Waals surface area contributed by atoms with Crippen LogP contribution in [0.15, 0.2) is 71.5 Å². The fraction of sp³-hybridized carbons (Fsp3) is 0.0909. The van der Waals surface area contributed by atoms with E-state index in [2.05, 4.69) is 5.10 Å². The van der Waals surface area contributed by atoms with E-state index in [9.17, 15) is 13.6 Å². The van der Waals surface area contributed by atoms with Gasteiger partial charge in [0.2, 0.25) is 5.43 Å². The molecule has 0 saturated heterocycles. The van der Waals surface area contributed by atoms with Crippen LogP contribution in [0.1, 0.15) is 11.1 Å². The van der Waals surface area contributed by atoms with Crippen LogP contribution in [0.2, 0.25) is 0 Å². The lowest BCUT2D eigenvalue weighted by atomic mass is 10.1. The number of halogens is 2. The normalized spacial score (nSPS) is 11.1. The predicted octanol–water partition coefficient (Wildman–Crippen LogP) is 4.70. The highest BCUT2D eigenvalue weighted by atomic mass is 19.1. The van der Waals surface area contributed by atoms with Crippen molar-refractivity contribution in [3.63, 3.8) is 0 Å². The zero-order chi connectivity index (χ0) is 19.0. The summed E-state index contributed by atoms with van der Waals surface area (Å²) in [7, 11) is 0. The summed E-state index contributed by atoms with van der Waals surface area (Å²) in [5.41, 5.74) is 2.80. The molecule has 0 atom stereocenters. The van der Waals surface area contributed by atoms with Gasteiger partial charge in [0.15, 0.2) is 0 Å². The standard InChI is InChI=1S/C22H16F2N2O/c1-14-6-8-15(9-7-14)21-22(27)18-4-2-3-5-20(18)26(25-21)13-16-10-11-17(23)12-19(16)24/h2-12H,13H2,1H3. The molecule has 3 nitrogen and oxygen atoms in total. The van der Waals surface area contributed by atoms with Crippen LogP contribution in [0.3, 0.4) is 0 Å². The van der Waals surface area contributed by atoms with Crippen LogP contribution in [0.4, 0.5) is 8.78 Å². The van der Waals surface area contributed by atoms with Gasteiger partial charge in [0.25, 0.3) is 0 Å². The Bertz CT molecular complexity index is 1200. The summed E-state index contributed by atoms with van der Waals surface area (Å²) in [6.07, 6.45) is 0. The number of rotatable bonds is 3. The van der Waals surface area contributed by atoms with Gasteiger partial charge in [0.1, 0.15) is 17.3 Å². The Morgan fingerprint density at radius 3 is 2.44 bits per heavy atom. The number of para-hydroxylation sites is 1. The van der Waals surface area contributed by atoms with Crippen LogP contribution in [0.5, 0.6) is 0 Å². The van der Waals surface area contributed by atoms with Crippen LogP contribution in [-0.4, -0.2) is 9.78 Å². The monoisotopic (exact) mass is 362 g/mol. The zero-order valence-electron chi connectivity index (χ0n) is 14.6. The summed E-state index contributed by atoms with van der Waals surface area (Å²) in [5, 5.41) is 5.01. The van der Waals surface area contributed by atoms with Crippen molar-refractivity contribution in [2.24, 2.45) is 0 Å². The average Bonchev–Trinajstić information content (AvgIpc) is 2.67. The summed E-state index contributed by atoms with van der Waals surface area (Å²) in [5.74, 6) is -1.27. The van der Waals surface area contributed by atoms with Crippen molar-refractivity contribution in [1.29, 1.82) is 0 Å². The first-order valence-electron chi connectivity index (χ1n) is 8.54. The SMILES string of the molecule is Cc1ccc(-c2nn(Cc3ccc(F)cc3F)c3ccccc3c2=O)cc1. The molecule has 0 spiro atoms. The van der Waals surface area contributed by atoms with Gasteiger partial charge in [0.05, 0.1) is 12.1 Å². The third-order valence-electron chi connectivity index (χ3n) is 4.52. The zero-order valence-corrected chi connectivity index (χ0v) is 14.6. The maximum absolute atomic E-state index is 14.1. The van der Waals surface area contributed by atoms with E-state index in [0.717, 1.165) is 11.6 Å². The van der Waals surface area contributed by atoms with Gasteiger partial charge in [-0.3, -0.25) is 9.48 Å². The molecule has 0 unspecified atom stereocenters. The van der Waals surface area contributed by atoms with E-state index in [1.807, 2.05) is 31.2 Å². The summed E-state index contributed by atoms with van der Waals surface area (Å²) in [4.78, 5) is 12.9. The van der Waals surface area contributed by atoms with E-state index in [1.54, 1.807) is 28.9 Å². The molecule has 0 aliphatic rings. The second-order valence-electron chi connectivity index (χ2n) is 6.45. The Kier molecular flexibility index (Phi) is 4.28. The van der Waals surface area contributed by atoms with Crippen LogP contribution < -0.4 is 5.43 Å². The van der Waals surface area contributed by atoms with Gasteiger partial charge in [-0.1, -0.05) is 48.0 Å². The van der Waals surface area contributed by atoms with Crippen molar-refractivity contribution in [1.82, 2.24) is 9.78 Å². The fourth-order valence-corrected chi connectivity index (χ4v) is 3.07. The van der Waals surface area contributed by atoms with Crippen molar-refractivity contribution in [2.75, 3.05) is 0 Å². The number of hydrogen-bond acceptors (Lipinski definition) is 2. The highest BCUT2D eigenvalue weighted by Crippen LogP contribution is 2.20. The molecule has 27 heavy (non-hydrogen) atoms. The Morgan fingerprint density at radius 2 is 1.70 bits per heavy atom. The molecule has 0 aliphatic heterocycles. The summed E-state index contributed by atoms with van der Waals surface area (Å²) < 4.78 is 28.9. The first kappa shape index (κ1) is 17.1. The molecule has 0 amide bonds. The quantitative estimate of drug-likeness (QED) is 0.530. The van der Waals surface area contributed by atoms with E-state index >= 15 is 0 Å². The van der Waals surface area contributed by atoms with E-state index in [4.69, 9.17) is 0 Å². The molecule has 0 bridgehead atoms. The first-order valence-corrected chi connectivity index (χ1v) is 8.54. The van der Waals surface area contributed by atoms with Gasteiger partial charge in [-0.05, 0) is 25.1 Å². The smallest absolute Gasteiger partial charge is 0.215 e. The number of nitrogens with zero attached hydrogens (tertiary/aromatic N) is 2. The number of aromatic nitrogens is 2. The van der Waals surface area contributed by atoms with Crippen molar-refractivity contribution in [2.45, 2.75) is 13.5 Å². The first-order chi connectivity index (χ1) is 13.0. The molecule has 0 radical (unpaired) electrons. The second kappa shape index (κ2) is 6.76. The molecule has 1 aromatic heterocycles. The molecule has 0 N–H and O–H groups in total. The van der Waals surface area contributed by atoms with Gasteiger partial charge in [0, 0.05) is 22.6 Å². The Balaban J connectivity index is 1.92. The highest BCUT2D eigenvalue weighted by Gasteiger charge is 2.14. The van der Waals surface area contributed by atoms with Crippen molar-refractivity contribution in [3.05, 3.63) is 99.7 Å². The third-order valence-corrected chi connectivity index (χ3v) is 4.52. The molecule has 134 valence electrons. The molecule has 5 heteroatoms. The van der Waals surface area contributed by atoms with E-state index in [1.165, 1.54) is 12.1 Å². The number of aryl methyl sites for hydroxylation is 1. The van der Waals surface area contributed by atoms with E-state index in [-0.39, 0.29) is 12.0 Å². The molecule has 0 fully saturated rings. The minimum atomic E-state index is -0.642. The molecule has 3 aromatic carbocycles. The minimum absolute atomic E-state index is 0.0891. The number of fused-ring (bicyclic) bond motifs is 1. The Hall–Kier alpha value is -3.34. The summed E-state index contributed by atoms with van der Waals surface area (Å²) >= 11 is 0. The van der Waals surface area contributed by atoms with Crippen molar-refractivity contribution in [3.8, 4) is 11.3 Å². The summed E-state index contributed by atoms with van der Waals surface area (Å²) in [6, 6.07) is 18.0. The molecule has 4 aromatic rings. The topological polar surface area (TPSA) is 34.9 Å². The van der Waals surface area contributed by atoms with Crippen molar-refractivity contribution < 1.29 is 8.78 Å². The minimum Gasteiger partial charge on any atom is -0.287 e. The fourth-order valence-electron chi connectivity index (χ4n) is 3.07. The van der Waals surface area contributed by atoms with Gasteiger partial charge in [-0.2, -0.15) is 5.10 Å². The molecular formula is C22H16F2N2O. The third kappa shape index (κ3) is 3.24. The highest BCUT2D eigenvalue weighted by molar-refractivity contribution is 5.82. The van der Waals surface area contributed by atoms with Crippen LogP contribution in [0.25, 0.3) is 22.2 Å². The van der Waals surface area contributed by atoms with E-state index in [0.29, 0.717) is 27.7 Å². The Morgan fingerprint density at radius 1 is 0.963 bits per heavy atom. The molecule has 4 rings (SSSR count). The van der Waals surface area contributed by atoms with E-state index < -0.39 is 11.6 Å².